The zero-order valence-corrected chi connectivity index (χ0v) is 17.6. The van der Waals surface area contributed by atoms with E-state index >= 15 is 0 Å². The molecule has 1 heterocycles. The van der Waals surface area contributed by atoms with Crippen LogP contribution in [0.5, 0.6) is 0 Å². The summed E-state index contributed by atoms with van der Waals surface area (Å²) in [5.74, 6) is 4.04. The number of amides is 1. The molecule has 2 atom stereocenters. The largest absolute Gasteiger partial charge is 0.509 e. The van der Waals surface area contributed by atoms with Crippen LogP contribution in [-0.2, 0) is 28.5 Å². The summed E-state index contributed by atoms with van der Waals surface area (Å²) in [4.78, 5) is 37.8. The van der Waals surface area contributed by atoms with Gasteiger partial charge in [0.1, 0.15) is 17.4 Å². The fourth-order valence-corrected chi connectivity index (χ4v) is 3.55. The Morgan fingerprint density at radius 1 is 1.10 bits per heavy atom. The van der Waals surface area contributed by atoms with Crippen molar-refractivity contribution in [2.24, 2.45) is 0 Å². The van der Waals surface area contributed by atoms with E-state index in [9.17, 15) is 14.4 Å². The van der Waals surface area contributed by atoms with Gasteiger partial charge in [0.15, 0.2) is 6.10 Å². The molecule has 0 aromatic rings. The van der Waals surface area contributed by atoms with Gasteiger partial charge in [-0.15, -0.1) is 0 Å². The molecule has 2 aliphatic rings. The first kappa shape index (κ1) is 22.8. The van der Waals surface area contributed by atoms with Gasteiger partial charge >= 0.3 is 18.2 Å². The number of hydrogen-bond donors (Lipinski definition) is 0. The molecule has 9 nitrogen and oxygen atoms in total. The smallest absolute Gasteiger partial charge is 0.459 e. The van der Waals surface area contributed by atoms with Gasteiger partial charge in [0.2, 0.25) is 0 Å². The summed E-state index contributed by atoms with van der Waals surface area (Å²) in [6.07, 6.45) is 1.38. The van der Waals surface area contributed by atoms with Crippen molar-refractivity contribution in [3.8, 4) is 11.8 Å². The first-order valence-electron chi connectivity index (χ1n) is 9.62. The maximum Gasteiger partial charge on any atom is 0.509 e. The Labute approximate surface area is 170 Å². The zero-order valence-electron chi connectivity index (χ0n) is 17.6. The third kappa shape index (κ3) is 5.76. The normalized spacial score (nSPS) is 21.6. The van der Waals surface area contributed by atoms with Gasteiger partial charge in [-0.2, -0.15) is 0 Å². The molecule has 2 rings (SSSR count). The minimum atomic E-state index is -1.16. The number of methoxy groups -OCH3 is 2. The highest BCUT2D eigenvalue weighted by Crippen LogP contribution is 2.42. The number of esters is 1. The highest BCUT2D eigenvalue weighted by atomic mass is 16.7. The van der Waals surface area contributed by atoms with E-state index in [0.29, 0.717) is 12.8 Å². The van der Waals surface area contributed by atoms with Crippen LogP contribution in [0.25, 0.3) is 0 Å². The number of carbonyl (C=O) groups excluding carboxylic acids is 3. The standard InChI is InChI=1S/C20H29NO8/c1-19(2,3)29-17(23)21-14(13-27-20(21)11-7-6-8-12-20)15(28-18(24)26-5)9-10-16(22)25-4/h14-15H,6-8,11-13H2,1-5H3. The van der Waals surface area contributed by atoms with Crippen LogP contribution in [-0.4, -0.2) is 67.4 Å². The lowest BCUT2D eigenvalue weighted by Crippen LogP contribution is -2.56. The molecule has 29 heavy (non-hydrogen) atoms. The summed E-state index contributed by atoms with van der Waals surface area (Å²) < 4.78 is 26.0. The molecule has 1 aliphatic carbocycles. The zero-order chi connectivity index (χ0) is 21.7. The lowest BCUT2D eigenvalue weighted by molar-refractivity contribution is -0.133. The lowest BCUT2D eigenvalue weighted by Gasteiger charge is -2.42. The summed E-state index contributed by atoms with van der Waals surface area (Å²) in [5.41, 5.74) is -1.58. The molecule has 0 radical (unpaired) electrons. The first-order valence-corrected chi connectivity index (χ1v) is 9.62. The van der Waals surface area contributed by atoms with Crippen molar-refractivity contribution in [3.63, 3.8) is 0 Å². The van der Waals surface area contributed by atoms with Crippen LogP contribution < -0.4 is 0 Å². The van der Waals surface area contributed by atoms with Crippen LogP contribution in [0.1, 0.15) is 52.9 Å². The van der Waals surface area contributed by atoms with E-state index in [1.165, 1.54) is 12.0 Å². The molecule has 2 fully saturated rings. The van der Waals surface area contributed by atoms with Crippen molar-refractivity contribution < 1.29 is 38.1 Å². The highest BCUT2D eigenvalue weighted by molar-refractivity contribution is 5.88. The molecule has 2 unspecified atom stereocenters. The van der Waals surface area contributed by atoms with Crippen molar-refractivity contribution in [1.29, 1.82) is 0 Å². The van der Waals surface area contributed by atoms with Crippen molar-refractivity contribution in [2.45, 2.75) is 76.3 Å². The van der Waals surface area contributed by atoms with E-state index in [2.05, 4.69) is 21.3 Å². The minimum absolute atomic E-state index is 0.0801. The summed E-state index contributed by atoms with van der Waals surface area (Å²) in [6, 6.07) is -0.765. The average Bonchev–Trinajstić information content (AvgIpc) is 3.02. The number of nitrogens with zero attached hydrogens (tertiary/aromatic N) is 1. The van der Waals surface area contributed by atoms with E-state index < -0.39 is 41.7 Å². The predicted octanol–water partition coefficient (Wildman–Crippen LogP) is 2.61. The molecule has 1 saturated carbocycles. The maximum absolute atomic E-state index is 13.1. The molecule has 9 heteroatoms. The maximum atomic E-state index is 13.1. The lowest BCUT2D eigenvalue weighted by atomic mass is 9.90. The second kappa shape index (κ2) is 9.35. The molecule has 0 bridgehead atoms. The fraction of sp³-hybridized carbons (Fsp3) is 0.750. The molecule has 1 saturated heterocycles. The van der Waals surface area contributed by atoms with Crippen LogP contribution in [0.3, 0.4) is 0 Å². The van der Waals surface area contributed by atoms with Crippen molar-refractivity contribution in [2.75, 3.05) is 20.8 Å². The van der Waals surface area contributed by atoms with Crippen LogP contribution in [0, 0.1) is 11.8 Å². The van der Waals surface area contributed by atoms with Gasteiger partial charge in [-0.3, -0.25) is 4.90 Å². The summed E-state index contributed by atoms with van der Waals surface area (Å²) in [5, 5.41) is 0. The van der Waals surface area contributed by atoms with E-state index in [0.717, 1.165) is 26.4 Å². The van der Waals surface area contributed by atoms with Crippen LogP contribution in [0.2, 0.25) is 0 Å². The third-order valence-corrected chi connectivity index (χ3v) is 4.76. The molecule has 1 aliphatic heterocycles. The van der Waals surface area contributed by atoms with Gasteiger partial charge in [-0.05, 0) is 52.4 Å². The Hall–Kier alpha value is -2.47. The number of carbonyl (C=O) groups is 3. The number of hydrogen-bond acceptors (Lipinski definition) is 8. The molecule has 0 aromatic heterocycles. The molecule has 162 valence electrons. The fourth-order valence-electron chi connectivity index (χ4n) is 3.55. The van der Waals surface area contributed by atoms with E-state index in [1.807, 2.05) is 0 Å². The molecule has 1 amide bonds. The highest BCUT2D eigenvalue weighted by Gasteiger charge is 2.54. The second-order valence-corrected chi connectivity index (χ2v) is 7.99. The van der Waals surface area contributed by atoms with Crippen LogP contribution in [0.15, 0.2) is 0 Å². The number of ether oxygens (including phenoxy) is 5. The topological polar surface area (TPSA) is 101 Å². The van der Waals surface area contributed by atoms with Gasteiger partial charge in [0.05, 0.1) is 20.8 Å². The Kier molecular flexibility index (Phi) is 7.36. The summed E-state index contributed by atoms with van der Waals surface area (Å²) >= 11 is 0. The van der Waals surface area contributed by atoms with E-state index in [1.54, 1.807) is 20.8 Å². The Balaban J connectivity index is 2.39. The van der Waals surface area contributed by atoms with Crippen molar-refractivity contribution in [1.82, 2.24) is 4.90 Å². The Bertz CT molecular complexity index is 681. The molecular formula is C20H29NO8. The van der Waals surface area contributed by atoms with Gasteiger partial charge < -0.3 is 23.7 Å². The summed E-state index contributed by atoms with van der Waals surface area (Å²) in [6.45, 7) is 5.38. The molecular weight excluding hydrogens is 382 g/mol. The third-order valence-electron chi connectivity index (χ3n) is 4.76. The van der Waals surface area contributed by atoms with Crippen LogP contribution in [0.4, 0.5) is 9.59 Å². The van der Waals surface area contributed by atoms with Crippen molar-refractivity contribution >= 4 is 18.2 Å². The second-order valence-electron chi connectivity index (χ2n) is 7.99. The monoisotopic (exact) mass is 411 g/mol. The van der Waals surface area contributed by atoms with Gasteiger partial charge in [-0.25, -0.2) is 14.4 Å². The summed E-state index contributed by atoms with van der Waals surface area (Å²) in [7, 11) is 2.35. The SMILES string of the molecule is COC(=O)C#CC(OC(=O)OC)C1COC2(CCCCC2)N1C(=O)OC(C)(C)C. The molecule has 0 aromatic carbocycles. The Morgan fingerprint density at radius 3 is 2.31 bits per heavy atom. The minimum Gasteiger partial charge on any atom is -0.459 e. The van der Waals surface area contributed by atoms with Gasteiger partial charge in [0, 0.05) is 5.92 Å². The van der Waals surface area contributed by atoms with Gasteiger partial charge in [0.25, 0.3) is 0 Å². The van der Waals surface area contributed by atoms with Crippen LogP contribution >= 0.6 is 0 Å². The van der Waals surface area contributed by atoms with Crippen molar-refractivity contribution in [3.05, 3.63) is 0 Å². The molecule has 0 N–H and O–H groups in total. The quantitative estimate of drug-likeness (QED) is 0.296. The first-order chi connectivity index (χ1) is 13.6. The Morgan fingerprint density at radius 2 is 1.76 bits per heavy atom. The molecule has 1 spiro atoms. The van der Waals surface area contributed by atoms with E-state index in [-0.39, 0.29) is 6.61 Å². The van der Waals surface area contributed by atoms with Gasteiger partial charge in [-0.1, -0.05) is 6.42 Å². The predicted molar refractivity (Wildman–Crippen MR) is 101 cm³/mol. The number of rotatable bonds is 2. The van der Waals surface area contributed by atoms with E-state index in [4.69, 9.17) is 14.2 Å². The average molecular weight is 411 g/mol.